The summed E-state index contributed by atoms with van der Waals surface area (Å²) in [6, 6.07) is 0. The Morgan fingerprint density at radius 2 is 2.33 bits per heavy atom. The van der Waals surface area contributed by atoms with Crippen LogP contribution in [0.25, 0.3) is 0 Å². The summed E-state index contributed by atoms with van der Waals surface area (Å²) in [6.45, 7) is 1.11. The minimum absolute atomic E-state index is 0.0287. The van der Waals surface area contributed by atoms with Crippen molar-refractivity contribution in [2.75, 3.05) is 23.7 Å². The van der Waals surface area contributed by atoms with Crippen molar-refractivity contribution >= 4 is 17.8 Å². The van der Waals surface area contributed by atoms with E-state index in [-0.39, 0.29) is 17.8 Å². The summed E-state index contributed by atoms with van der Waals surface area (Å²) in [5.41, 5.74) is 11.0. The molecule has 0 aliphatic carbocycles. The molecule has 82 valence electrons. The molecule has 7 heteroatoms. The van der Waals surface area contributed by atoms with Crippen molar-refractivity contribution in [3.8, 4) is 0 Å². The van der Waals surface area contributed by atoms with Crippen LogP contribution in [0.2, 0.25) is 0 Å². The molecule has 1 aliphatic rings. The van der Waals surface area contributed by atoms with Gasteiger partial charge in [-0.15, -0.1) is 5.10 Å². The third-order valence-electron chi connectivity index (χ3n) is 2.54. The molecule has 1 aliphatic heterocycles. The maximum Gasteiger partial charge on any atom is 0.241 e. The highest BCUT2D eigenvalue weighted by molar-refractivity contribution is 5.94. The first-order valence-electron chi connectivity index (χ1n) is 4.78. The molecule has 7 nitrogen and oxygen atoms in total. The summed E-state index contributed by atoms with van der Waals surface area (Å²) in [4.78, 5) is 17.2. The number of carbonyl (C=O) groups excluding carboxylic acids is 1. The summed E-state index contributed by atoms with van der Waals surface area (Å²) in [5.74, 6) is 0.904. The predicted molar refractivity (Wildman–Crippen MR) is 54.9 cm³/mol. The molecule has 1 unspecified atom stereocenters. The van der Waals surface area contributed by atoms with Crippen molar-refractivity contribution in [2.24, 2.45) is 18.7 Å². The lowest BCUT2D eigenvalue weighted by atomic mass is 10.1. The lowest BCUT2D eigenvalue weighted by Gasteiger charge is -2.13. The van der Waals surface area contributed by atoms with E-state index in [9.17, 15) is 4.79 Å². The number of anilines is 2. The molecule has 0 bridgehead atoms. The number of aryl methyl sites for hydroxylation is 1. The fourth-order valence-electron chi connectivity index (χ4n) is 1.76. The lowest BCUT2D eigenvalue weighted by molar-refractivity contribution is -0.117. The molecule has 0 aromatic carbocycles. The number of nitrogens with two attached hydrogens (primary N) is 2. The third-order valence-corrected chi connectivity index (χ3v) is 2.54. The van der Waals surface area contributed by atoms with E-state index in [1.54, 1.807) is 11.9 Å². The monoisotopic (exact) mass is 210 g/mol. The van der Waals surface area contributed by atoms with Crippen LogP contribution < -0.4 is 16.4 Å². The first kappa shape index (κ1) is 9.91. The van der Waals surface area contributed by atoms with E-state index in [4.69, 9.17) is 11.5 Å². The van der Waals surface area contributed by atoms with Crippen LogP contribution >= 0.6 is 0 Å². The quantitative estimate of drug-likeness (QED) is 0.632. The Morgan fingerprint density at radius 1 is 1.60 bits per heavy atom. The molecule has 0 saturated carbocycles. The first-order valence-corrected chi connectivity index (χ1v) is 4.78. The van der Waals surface area contributed by atoms with Gasteiger partial charge >= 0.3 is 0 Å². The van der Waals surface area contributed by atoms with Crippen LogP contribution in [0, 0.1) is 5.92 Å². The van der Waals surface area contributed by atoms with Gasteiger partial charge in [0.25, 0.3) is 0 Å². The van der Waals surface area contributed by atoms with Crippen molar-refractivity contribution in [3.05, 3.63) is 0 Å². The van der Waals surface area contributed by atoms with Gasteiger partial charge < -0.3 is 11.5 Å². The van der Waals surface area contributed by atoms with Crippen molar-refractivity contribution in [1.29, 1.82) is 0 Å². The summed E-state index contributed by atoms with van der Waals surface area (Å²) in [6.07, 6.45) is 0.475. The predicted octanol–water partition coefficient (Wildman–Crippen LogP) is -1.29. The van der Waals surface area contributed by atoms with E-state index >= 15 is 0 Å². The fraction of sp³-hybridized carbons (Fsp3) is 0.625. The average molecular weight is 210 g/mol. The van der Waals surface area contributed by atoms with Crippen molar-refractivity contribution in [3.63, 3.8) is 0 Å². The number of aromatic nitrogens is 3. The highest BCUT2D eigenvalue weighted by Crippen LogP contribution is 2.22. The Labute approximate surface area is 87.0 Å². The molecule has 1 aromatic rings. The minimum atomic E-state index is 0.0287. The summed E-state index contributed by atoms with van der Waals surface area (Å²) in [7, 11) is 1.71. The topological polar surface area (TPSA) is 103 Å². The number of nitrogens with zero attached hydrogens (tertiary/aromatic N) is 4. The van der Waals surface area contributed by atoms with E-state index in [1.165, 1.54) is 4.68 Å². The highest BCUT2D eigenvalue weighted by Gasteiger charge is 2.32. The molecule has 4 N–H and O–H groups in total. The van der Waals surface area contributed by atoms with Crippen molar-refractivity contribution in [2.45, 2.75) is 6.42 Å². The first-order chi connectivity index (χ1) is 7.11. The van der Waals surface area contributed by atoms with Crippen LogP contribution in [0.1, 0.15) is 6.42 Å². The molecule has 1 amide bonds. The van der Waals surface area contributed by atoms with E-state index in [2.05, 4.69) is 10.1 Å². The zero-order valence-corrected chi connectivity index (χ0v) is 8.55. The molecular weight excluding hydrogens is 196 g/mol. The number of nitrogen functional groups attached to an aromatic ring is 1. The highest BCUT2D eigenvalue weighted by atomic mass is 16.2. The summed E-state index contributed by atoms with van der Waals surface area (Å²) >= 11 is 0. The smallest absolute Gasteiger partial charge is 0.241 e. The normalized spacial score (nSPS) is 21.3. The van der Waals surface area contributed by atoms with E-state index in [1.807, 2.05) is 0 Å². The Kier molecular flexibility index (Phi) is 2.31. The second kappa shape index (κ2) is 3.50. The zero-order chi connectivity index (χ0) is 11.0. The van der Waals surface area contributed by atoms with Crippen LogP contribution in [0.5, 0.6) is 0 Å². The lowest BCUT2D eigenvalue weighted by Crippen LogP contribution is -2.28. The largest absolute Gasteiger partial charge is 0.366 e. The maximum absolute atomic E-state index is 11.7. The van der Waals surface area contributed by atoms with Crippen LogP contribution in [0.15, 0.2) is 0 Å². The molecule has 2 rings (SSSR count). The SMILES string of the molecule is Cn1nc(N)nc1N1CC(CN)CC1=O. The van der Waals surface area contributed by atoms with Crippen LogP contribution in [-0.4, -0.2) is 33.8 Å². The van der Waals surface area contributed by atoms with Gasteiger partial charge in [-0.3, -0.25) is 9.69 Å². The molecule has 2 heterocycles. The van der Waals surface area contributed by atoms with Gasteiger partial charge in [0.1, 0.15) is 0 Å². The number of carbonyl (C=O) groups is 1. The van der Waals surface area contributed by atoms with Gasteiger partial charge in [0.2, 0.25) is 17.8 Å². The van der Waals surface area contributed by atoms with Gasteiger partial charge in [-0.1, -0.05) is 0 Å². The molecule has 1 saturated heterocycles. The molecule has 0 spiro atoms. The third kappa shape index (κ3) is 1.65. The Morgan fingerprint density at radius 3 is 2.80 bits per heavy atom. The average Bonchev–Trinajstić information content (AvgIpc) is 2.69. The molecule has 1 aromatic heterocycles. The Balaban J connectivity index is 2.25. The number of hydrogen-bond donors (Lipinski definition) is 2. The fourth-order valence-corrected chi connectivity index (χ4v) is 1.76. The van der Waals surface area contributed by atoms with E-state index in [0.29, 0.717) is 25.5 Å². The zero-order valence-electron chi connectivity index (χ0n) is 8.55. The second-order valence-electron chi connectivity index (χ2n) is 3.70. The number of amides is 1. The molecular formula is C8H14N6O. The van der Waals surface area contributed by atoms with Crippen LogP contribution in [-0.2, 0) is 11.8 Å². The van der Waals surface area contributed by atoms with Gasteiger partial charge in [0, 0.05) is 20.0 Å². The molecule has 0 radical (unpaired) electrons. The molecule has 1 atom stereocenters. The van der Waals surface area contributed by atoms with Gasteiger partial charge in [-0.2, -0.15) is 4.98 Å². The van der Waals surface area contributed by atoms with Gasteiger partial charge in [-0.05, 0) is 12.5 Å². The van der Waals surface area contributed by atoms with Crippen LogP contribution in [0.4, 0.5) is 11.9 Å². The van der Waals surface area contributed by atoms with E-state index in [0.717, 1.165) is 0 Å². The van der Waals surface area contributed by atoms with Crippen molar-refractivity contribution in [1.82, 2.24) is 14.8 Å². The number of hydrogen-bond acceptors (Lipinski definition) is 5. The van der Waals surface area contributed by atoms with Gasteiger partial charge in [0.15, 0.2) is 0 Å². The van der Waals surface area contributed by atoms with Gasteiger partial charge in [0.05, 0.1) is 0 Å². The summed E-state index contributed by atoms with van der Waals surface area (Å²) in [5, 5.41) is 3.90. The summed E-state index contributed by atoms with van der Waals surface area (Å²) < 4.78 is 1.51. The van der Waals surface area contributed by atoms with Gasteiger partial charge in [-0.25, -0.2) is 4.68 Å². The molecule has 1 fully saturated rings. The molecule has 15 heavy (non-hydrogen) atoms. The van der Waals surface area contributed by atoms with Crippen LogP contribution in [0.3, 0.4) is 0 Å². The van der Waals surface area contributed by atoms with E-state index < -0.39 is 0 Å². The number of rotatable bonds is 2. The standard InChI is InChI=1S/C8H14N6O/c1-13-8(11-7(10)12-13)14-4-5(3-9)2-6(14)15/h5H,2-4,9H2,1H3,(H2,10,12). The second-order valence-corrected chi connectivity index (χ2v) is 3.70. The minimum Gasteiger partial charge on any atom is -0.366 e. The van der Waals surface area contributed by atoms with Crippen molar-refractivity contribution < 1.29 is 4.79 Å². The maximum atomic E-state index is 11.7. The Hall–Kier alpha value is -1.63. The Bertz CT molecular complexity index is 386.